The van der Waals surface area contributed by atoms with E-state index in [1.54, 1.807) is 6.20 Å². The van der Waals surface area contributed by atoms with Gasteiger partial charge in [-0.1, -0.05) is 25.4 Å². The first-order valence-corrected chi connectivity index (χ1v) is 10.3. The summed E-state index contributed by atoms with van der Waals surface area (Å²) in [5, 5.41) is 3.55. The maximum absolute atomic E-state index is 12.9. The Kier molecular flexibility index (Phi) is 6.56. The highest BCUT2D eigenvalue weighted by molar-refractivity contribution is 7.89. The Morgan fingerprint density at radius 1 is 1.32 bits per heavy atom. The molecule has 1 amide bonds. The highest BCUT2D eigenvalue weighted by Gasteiger charge is 2.27. The zero-order valence-corrected chi connectivity index (χ0v) is 16.6. The van der Waals surface area contributed by atoms with E-state index < -0.39 is 15.9 Å². The van der Waals surface area contributed by atoms with Crippen molar-refractivity contribution in [1.82, 2.24) is 9.29 Å². The van der Waals surface area contributed by atoms with Gasteiger partial charge >= 0.3 is 0 Å². The first-order valence-electron chi connectivity index (χ1n) is 7.66. The van der Waals surface area contributed by atoms with Gasteiger partial charge in [-0.05, 0) is 37.1 Å². The molecule has 6 nitrogen and oxygen atoms in total. The number of thiazole rings is 1. The Morgan fingerprint density at radius 2 is 1.96 bits per heavy atom. The molecular weight excluding hydrogens is 382 g/mol. The van der Waals surface area contributed by atoms with Crippen LogP contribution in [-0.2, 0) is 14.8 Å². The maximum atomic E-state index is 12.9. The van der Waals surface area contributed by atoms with E-state index in [-0.39, 0.29) is 23.9 Å². The average Bonchev–Trinajstić information content (AvgIpc) is 2.91. The molecule has 1 heterocycles. The van der Waals surface area contributed by atoms with Crippen LogP contribution in [0.3, 0.4) is 0 Å². The molecule has 0 bridgehead atoms. The molecule has 0 aliphatic heterocycles. The van der Waals surface area contributed by atoms with Gasteiger partial charge in [0.15, 0.2) is 5.13 Å². The van der Waals surface area contributed by atoms with Crippen LogP contribution >= 0.6 is 22.9 Å². The van der Waals surface area contributed by atoms with Crippen LogP contribution in [0.5, 0.6) is 0 Å². The number of aromatic nitrogens is 1. The fourth-order valence-electron chi connectivity index (χ4n) is 2.14. The lowest BCUT2D eigenvalue weighted by molar-refractivity contribution is -0.116. The number of hydrogen-bond donors (Lipinski definition) is 1. The van der Waals surface area contributed by atoms with E-state index in [9.17, 15) is 13.2 Å². The third-order valence-corrected chi connectivity index (χ3v) is 6.11. The summed E-state index contributed by atoms with van der Waals surface area (Å²) in [7, 11) is -3.80. The summed E-state index contributed by atoms with van der Waals surface area (Å²) >= 11 is 7.16. The monoisotopic (exact) mass is 401 g/mol. The lowest BCUT2D eigenvalue weighted by Gasteiger charge is -2.23. The number of aryl methyl sites for hydroxylation is 1. The highest BCUT2D eigenvalue weighted by Crippen LogP contribution is 2.20. The molecule has 1 aromatic carbocycles. The number of carbonyl (C=O) groups is 1. The topological polar surface area (TPSA) is 79.4 Å². The molecule has 0 saturated carbocycles. The van der Waals surface area contributed by atoms with E-state index in [2.05, 4.69) is 10.3 Å². The largest absolute Gasteiger partial charge is 0.301 e. The molecule has 9 heteroatoms. The van der Waals surface area contributed by atoms with Gasteiger partial charge in [0.25, 0.3) is 0 Å². The summed E-state index contributed by atoms with van der Waals surface area (Å²) < 4.78 is 26.9. The maximum Gasteiger partial charge on any atom is 0.243 e. The third-order valence-electron chi connectivity index (χ3n) is 3.21. The molecule has 2 rings (SSSR count). The number of nitrogens with zero attached hydrogens (tertiary/aromatic N) is 2. The number of amides is 1. The van der Waals surface area contributed by atoms with Crippen LogP contribution in [0.25, 0.3) is 0 Å². The molecule has 0 fully saturated rings. The van der Waals surface area contributed by atoms with E-state index >= 15 is 0 Å². The number of rotatable bonds is 7. The van der Waals surface area contributed by atoms with Gasteiger partial charge in [-0.3, -0.25) is 4.79 Å². The number of nitrogens with one attached hydrogen (secondary N) is 1. The van der Waals surface area contributed by atoms with E-state index in [1.807, 2.05) is 20.8 Å². The van der Waals surface area contributed by atoms with Gasteiger partial charge in [-0.2, -0.15) is 4.31 Å². The molecule has 25 heavy (non-hydrogen) atoms. The van der Waals surface area contributed by atoms with Crippen LogP contribution in [0, 0.1) is 12.8 Å². The SMILES string of the molecule is Cc1cnc(NC(=O)CN(CC(C)C)S(=O)(=O)c2ccc(Cl)cc2)s1. The van der Waals surface area contributed by atoms with Crippen molar-refractivity contribution in [3.05, 3.63) is 40.4 Å². The number of halogens is 1. The van der Waals surface area contributed by atoms with Gasteiger partial charge in [0.1, 0.15) is 0 Å². The van der Waals surface area contributed by atoms with E-state index in [0.717, 1.165) is 4.88 Å². The molecule has 0 atom stereocenters. The molecule has 2 aromatic rings. The average molecular weight is 402 g/mol. The van der Waals surface area contributed by atoms with Crippen molar-refractivity contribution in [3.63, 3.8) is 0 Å². The van der Waals surface area contributed by atoms with Gasteiger partial charge in [0.05, 0.1) is 11.4 Å². The second-order valence-corrected chi connectivity index (χ2v) is 9.58. The molecule has 0 radical (unpaired) electrons. The van der Waals surface area contributed by atoms with Gasteiger partial charge in [-0.15, -0.1) is 11.3 Å². The van der Waals surface area contributed by atoms with Crippen LogP contribution in [0.1, 0.15) is 18.7 Å². The summed E-state index contributed by atoms with van der Waals surface area (Å²) in [6, 6.07) is 5.90. The van der Waals surface area contributed by atoms with Crippen LogP contribution in [0.15, 0.2) is 35.4 Å². The second-order valence-electron chi connectivity index (χ2n) is 5.97. The van der Waals surface area contributed by atoms with Crippen LogP contribution in [-0.4, -0.2) is 36.7 Å². The van der Waals surface area contributed by atoms with E-state index in [1.165, 1.54) is 39.9 Å². The van der Waals surface area contributed by atoms with Crippen molar-refractivity contribution >= 4 is 44.0 Å². The fourth-order valence-corrected chi connectivity index (χ4v) is 4.51. The smallest absolute Gasteiger partial charge is 0.243 e. The molecular formula is C16H20ClN3O3S2. The number of benzene rings is 1. The number of anilines is 1. The number of sulfonamides is 1. The van der Waals surface area contributed by atoms with Crippen molar-refractivity contribution in [1.29, 1.82) is 0 Å². The van der Waals surface area contributed by atoms with Gasteiger partial charge in [-0.25, -0.2) is 13.4 Å². The predicted octanol–water partition coefficient (Wildman–Crippen LogP) is 3.39. The quantitative estimate of drug-likeness (QED) is 0.771. The highest BCUT2D eigenvalue weighted by atomic mass is 35.5. The zero-order chi connectivity index (χ0) is 18.6. The predicted molar refractivity (Wildman–Crippen MR) is 101 cm³/mol. The van der Waals surface area contributed by atoms with Crippen molar-refractivity contribution in [3.8, 4) is 0 Å². The summed E-state index contributed by atoms with van der Waals surface area (Å²) in [4.78, 5) is 17.4. The number of carbonyl (C=O) groups excluding carboxylic acids is 1. The van der Waals surface area contributed by atoms with Crippen molar-refractivity contribution in [2.75, 3.05) is 18.4 Å². The van der Waals surface area contributed by atoms with Crippen molar-refractivity contribution in [2.45, 2.75) is 25.7 Å². The molecule has 0 saturated heterocycles. The lowest BCUT2D eigenvalue weighted by atomic mass is 10.2. The lowest BCUT2D eigenvalue weighted by Crippen LogP contribution is -2.40. The molecule has 1 aromatic heterocycles. The van der Waals surface area contributed by atoms with E-state index in [4.69, 9.17) is 11.6 Å². The van der Waals surface area contributed by atoms with Crippen LogP contribution in [0.4, 0.5) is 5.13 Å². The van der Waals surface area contributed by atoms with Gasteiger partial charge < -0.3 is 5.32 Å². The first-order chi connectivity index (χ1) is 11.7. The fraction of sp³-hybridized carbons (Fsp3) is 0.375. The van der Waals surface area contributed by atoms with Crippen LogP contribution < -0.4 is 5.32 Å². The minimum absolute atomic E-state index is 0.0667. The normalized spacial score (nSPS) is 11.9. The van der Waals surface area contributed by atoms with Gasteiger partial charge in [0.2, 0.25) is 15.9 Å². The summed E-state index contributed by atoms with van der Waals surface area (Å²) in [5.74, 6) is -0.357. The molecule has 0 spiro atoms. The molecule has 1 N–H and O–H groups in total. The minimum Gasteiger partial charge on any atom is -0.301 e. The van der Waals surface area contributed by atoms with E-state index in [0.29, 0.717) is 10.2 Å². The Bertz CT molecular complexity index is 833. The summed E-state index contributed by atoms with van der Waals surface area (Å²) in [5.41, 5.74) is 0. The molecule has 0 unspecified atom stereocenters. The molecule has 0 aliphatic carbocycles. The van der Waals surface area contributed by atoms with Crippen molar-refractivity contribution in [2.24, 2.45) is 5.92 Å². The standard InChI is InChI=1S/C16H20ClN3O3S2/c1-11(2)9-20(10-15(21)19-16-18-8-12(3)24-16)25(22,23)14-6-4-13(17)5-7-14/h4-8,11H,9-10H2,1-3H3,(H,18,19,21). The second kappa shape index (κ2) is 8.27. The molecule has 0 aliphatic rings. The Labute approximate surface area is 156 Å². The molecule has 136 valence electrons. The van der Waals surface area contributed by atoms with Crippen LogP contribution in [0.2, 0.25) is 5.02 Å². The minimum atomic E-state index is -3.80. The summed E-state index contributed by atoms with van der Waals surface area (Å²) in [6.45, 7) is 5.62. The zero-order valence-electron chi connectivity index (χ0n) is 14.2. The number of hydrogen-bond acceptors (Lipinski definition) is 5. The Balaban J connectivity index is 2.19. The Morgan fingerprint density at radius 3 is 2.48 bits per heavy atom. The summed E-state index contributed by atoms with van der Waals surface area (Å²) in [6.07, 6.45) is 1.65. The third kappa shape index (κ3) is 5.50. The Hall–Kier alpha value is -1.48. The van der Waals surface area contributed by atoms with Crippen molar-refractivity contribution < 1.29 is 13.2 Å². The van der Waals surface area contributed by atoms with Gasteiger partial charge in [0, 0.05) is 22.6 Å². The first kappa shape index (κ1) is 19.8.